The van der Waals surface area contributed by atoms with Crippen LogP contribution in [0.4, 0.5) is 0 Å². The normalized spacial score (nSPS) is 16.2. The van der Waals surface area contributed by atoms with E-state index in [2.05, 4.69) is 23.8 Å². The molecule has 0 saturated carbocycles. The fourth-order valence-corrected chi connectivity index (χ4v) is 1.90. The zero-order chi connectivity index (χ0) is 11.7. The molecule has 16 heavy (non-hydrogen) atoms. The molecule has 0 aliphatic carbocycles. The zero-order valence-electron chi connectivity index (χ0n) is 9.47. The smallest absolute Gasteiger partial charge is 0.293 e. The predicted octanol–water partition coefficient (Wildman–Crippen LogP) is 0.226. The molecule has 2 N–H and O–H groups in total. The summed E-state index contributed by atoms with van der Waals surface area (Å²) in [6, 6.07) is 2.21. The summed E-state index contributed by atoms with van der Waals surface area (Å²) in [5.41, 5.74) is 2.88. The van der Waals surface area contributed by atoms with Gasteiger partial charge in [0.25, 0.3) is 5.91 Å². The maximum Gasteiger partial charge on any atom is 0.295 e. The SMILES string of the molecule is CC(C)N1CCn2nc(C(=O)NO)cc2C1. The quantitative estimate of drug-likeness (QED) is 0.557. The van der Waals surface area contributed by atoms with Crippen LogP contribution in [-0.2, 0) is 13.1 Å². The first kappa shape index (κ1) is 11.1. The van der Waals surface area contributed by atoms with E-state index in [4.69, 9.17) is 5.21 Å². The molecule has 1 amide bonds. The monoisotopic (exact) mass is 224 g/mol. The van der Waals surface area contributed by atoms with Gasteiger partial charge in [-0.15, -0.1) is 0 Å². The van der Waals surface area contributed by atoms with E-state index >= 15 is 0 Å². The summed E-state index contributed by atoms with van der Waals surface area (Å²) in [4.78, 5) is 13.5. The van der Waals surface area contributed by atoms with Crippen molar-refractivity contribution in [3.63, 3.8) is 0 Å². The minimum atomic E-state index is -0.557. The van der Waals surface area contributed by atoms with Crippen molar-refractivity contribution in [3.8, 4) is 0 Å². The summed E-state index contributed by atoms with van der Waals surface area (Å²) in [5.74, 6) is -0.557. The van der Waals surface area contributed by atoms with Gasteiger partial charge in [-0.1, -0.05) is 0 Å². The fourth-order valence-electron chi connectivity index (χ4n) is 1.90. The number of hydroxylamine groups is 1. The average molecular weight is 224 g/mol. The number of nitrogens with one attached hydrogen (secondary N) is 1. The molecule has 0 radical (unpaired) electrons. The number of aromatic nitrogens is 2. The molecule has 0 spiro atoms. The highest BCUT2D eigenvalue weighted by Crippen LogP contribution is 2.15. The average Bonchev–Trinajstić information content (AvgIpc) is 2.70. The molecule has 0 unspecified atom stereocenters. The van der Waals surface area contributed by atoms with E-state index in [1.807, 2.05) is 4.68 Å². The van der Waals surface area contributed by atoms with Gasteiger partial charge in [-0.3, -0.25) is 19.6 Å². The molecule has 1 aliphatic rings. The van der Waals surface area contributed by atoms with Gasteiger partial charge in [-0.05, 0) is 19.9 Å². The molecule has 6 heteroatoms. The molecule has 0 atom stereocenters. The lowest BCUT2D eigenvalue weighted by Gasteiger charge is -2.30. The van der Waals surface area contributed by atoms with Crippen LogP contribution in [0.25, 0.3) is 0 Å². The Morgan fingerprint density at radius 2 is 2.31 bits per heavy atom. The first-order valence-electron chi connectivity index (χ1n) is 5.37. The summed E-state index contributed by atoms with van der Waals surface area (Å²) in [6.45, 7) is 6.81. The van der Waals surface area contributed by atoms with Gasteiger partial charge in [0, 0.05) is 19.1 Å². The molecule has 1 aromatic rings. The van der Waals surface area contributed by atoms with Crippen molar-refractivity contribution >= 4 is 5.91 Å². The molecule has 2 heterocycles. The Morgan fingerprint density at radius 3 is 2.94 bits per heavy atom. The fraction of sp³-hybridized carbons (Fsp3) is 0.600. The van der Waals surface area contributed by atoms with Crippen LogP contribution < -0.4 is 5.48 Å². The molecule has 1 aliphatic heterocycles. The van der Waals surface area contributed by atoms with E-state index < -0.39 is 5.91 Å². The van der Waals surface area contributed by atoms with Gasteiger partial charge < -0.3 is 0 Å². The third-order valence-electron chi connectivity index (χ3n) is 2.89. The lowest BCUT2D eigenvalue weighted by atomic mass is 10.2. The molecule has 2 rings (SSSR count). The van der Waals surface area contributed by atoms with Gasteiger partial charge in [-0.2, -0.15) is 5.10 Å². The van der Waals surface area contributed by atoms with E-state index in [1.54, 1.807) is 11.5 Å². The van der Waals surface area contributed by atoms with Crippen molar-refractivity contribution < 1.29 is 10.0 Å². The highest BCUT2D eigenvalue weighted by molar-refractivity contribution is 5.91. The third-order valence-corrected chi connectivity index (χ3v) is 2.89. The van der Waals surface area contributed by atoms with E-state index in [9.17, 15) is 4.79 Å². The number of fused-ring (bicyclic) bond motifs is 1. The van der Waals surface area contributed by atoms with E-state index in [1.165, 1.54) is 0 Å². The highest BCUT2D eigenvalue weighted by Gasteiger charge is 2.21. The lowest BCUT2D eigenvalue weighted by Crippen LogP contribution is -2.38. The Bertz CT molecular complexity index is 400. The second kappa shape index (κ2) is 4.23. The van der Waals surface area contributed by atoms with Crippen molar-refractivity contribution in [1.29, 1.82) is 0 Å². The van der Waals surface area contributed by atoms with Crippen molar-refractivity contribution in [1.82, 2.24) is 20.2 Å². The van der Waals surface area contributed by atoms with Gasteiger partial charge >= 0.3 is 0 Å². The Balaban J connectivity index is 2.20. The molecule has 0 fully saturated rings. The van der Waals surface area contributed by atoms with Crippen LogP contribution in [0.2, 0.25) is 0 Å². The Morgan fingerprint density at radius 1 is 1.56 bits per heavy atom. The molecular weight excluding hydrogens is 208 g/mol. The van der Waals surface area contributed by atoms with Crippen molar-refractivity contribution in [3.05, 3.63) is 17.5 Å². The molecule has 0 bridgehead atoms. The van der Waals surface area contributed by atoms with E-state index in [0.29, 0.717) is 6.04 Å². The maximum absolute atomic E-state index is 11.2. The summed E-state index contributed by atoms with van der Waals surface area (Å²) in [7, 11) is 0. The van der Waals surface area contributed by atoms with Crippen molar-refractivity contribution in [2.24, 2.45) is 0 Å². The Kier molecular flexibility index (Phi) is 2.93. The summed E-state index contributed by atoms with van der Waals surface area (Å²) in [5, 5.41) is 12.7. The molecule has 1 aromatic heterocycles. The number of nitrogens with zero attached hydrogens (tertiary/aromatic N) is 3. The number of amides is 1. The van der Waals surface area contributed by atoms with Crippen LogP contribution in [0.5, 0.6) is 0 Å². The van der Waals surface area contributed by atoms with Crippen LogP contribution >= 0.6 is 0 Å². The second-order valence-corrected chi connectivity index (χ2v) is 4.25. The number of carbonyl (C=O) groups is 1. The second-order valence-electron chi connectivity index (χ2n) is 4.25. The van der Waals surface area contributed by atoms with Gasteiger partial charge in [0.05, 0.1) is 12.2 Å². The van der Waals surface area contributed by atoms with Crippen LogP contribution in [0.3, 0.4) is 0 Å². The lowest BCUT2D eigenvalue weighted by molar-refractivity contribution is 0.0699. The van der Waals surface area contributed by atoms with Crippen molar-refractivity contribution in [2.45, 2.75) is 33.0 Å². The Labute approximate surface area is 93.8 Å². The summed E-state index contributed by atoms with van der Waals surface area (Å²) >= 11 is 0. The topological polar surface area (TPSA) is 70.4 Å². The largest absolute Gasteiger partial charge is 0.295 e. The van der Waals surface area contributed by atoms with E-state index in [-0.39, 0.29) is 5.69 Å². The predicted molar refractivity (Wildman–Crippen MR) is 57.0 cm³/mol. The number of hydrogen-bond acceptors (Lipinski definition) is 4. The van der Waals surface area contributed by atoms with Crippen LogP contribution in [0.1, 0.15) is 30.0 Å². The number of carbonyl (C=O) groups excluding carboxylic acids is 1. The van der Waals surface area contributed by atoms with Gasteiger partial charge in [0.2, 0.25) is 0 Å². The number of rotatable bonds is 2. The van der Waals surface area contributed by atoms with Gasteiger partial charge in [0.15, 0.2) is 5.69 Å². The summed E-state index contributed by atoms with van der Waals surface area (Å²) in [6.07, 6.45) is 0. The van der Waals surface area contributed by atoms with Crippen molar-refractivity contribution in [2.75, 3.05) is 6.54 Å². The first-order chi connectivity index (χ1) is 7.61. The minimum absolute atomic E-state index is 0.267. The number of hydrogen-bond donors (Lipinski definition) is 2. The molecule has 0 saturated heterocycles. The molecule has 6 nitrogen and oxygen atoms in total. The van der Waals surface area contributed by atoms with Crippen LogP contribution in [0.15, 0.2) is 6.07 Å². The van der Waals surface area contributed by atoms with E-state index in [0.717, 1.165) is 25.3 Å². The molecule has 0 aromatic carbocycles. The van der Waals surface area contributed by atoms with Crippen LogP contribution in [-0.4, -0.2) is 38.4 Å². The molecular formula is C10H16N4O2. The molecule has 88 valence electrons. The first-order valence-corrected chi connectivity index (χ1v) is 5.37. The maximum atomic E-state index is 11.2. The summed E-state index contributed by atoms with van der Waals surface area (Å²) < 4.78 is 1.82. The minimum Gasteiger partial charge on any atom is -0.293 e. The Hall–Kier alpha value is -1.40. The zero-order valence-corrected chi connectivity index (χ0v) is 9.47. The van der Waals surface area contributed by atoms with Gasteiger partial charge in [-0.25, -0.2) is 5.48 Å². The van der Waals surface area contributed by atoms with Gasteiger partial charge in [0.1, 0.15) is 0 Å². The highest BCUT2D eigenvalue weighted by atomic mass is 16.5. The standard InChI is InChI=1S/C10H16N4O2/c1-7(2)13-3-4-14-8(6-13)5-9(11-14)10(15)12-16/h5,7,16H,3-4,6H2,1-2H3,(H,12,15). The van der Waals surface area contributed by atoms with Crippen LogP contribution in [0, 0.1) is 0 Å². The third kappa shape index (κ3) is 1.94.